The van der Waals surface area contributed by atoms with Gasteiger partial charge in [-0.1, -0.05) is 81.0 Å². The van der Waals surface area contributed by atoms with E-state index in [0.29, 0.717) is 5.92 Å². The van der Waals surface area contributed by atoms with Crippen molar-refractivity contribution in [3.8, 4) is 0 Å². The van der Waals surface area contributed by atoms with E-state index in [2.05, 4.69) is 26.0 Å². The summed E-state index contributed by atoms with van der Waals surface area (Å²) >= 11 is 12.7. The van der Waals surface area contributed by atoms with E-state index < -0.39 is 4.33 Å². The molecule has 0 aromatic rings. The fourth-order valence-electron chi connectivity index (χ4n) is 2.42. The maximum Gasteiger partial charge on any atom is 0.143 e. The molecule has 0 fully saturated rings. The average Bonchev–Trinajstić information content (AvgIpc) is 2.24. The van der Waals surface area contributed by atoms with Crippen LogP contribution >= 0.6 is 23.2 Å². The van der Waals surface area contributed by atoms with E-state index in [0.717, 1.165) is 0 Å². The summed E-state index contributed by atoms with van der Waals surface area (Å²) in [5.74, 6) is 0.883. The van der Waals surface area contributed by atoms with Crippen molar-refractivity contribution in [3.63, 3.8) is 0 Å². The highest BCUT2D eigenvalue weighted by Crippen LogP contribution is 2.42. The van der Waals surface area contributed by atoms with Gasteiger partial charge in [0.25, 0.3) is 0 Å². The third-order valence-electron chi connectivity index (χ3n) is 3.29. The van der Waals surface area contributed by atoms with Gasteiger partial charge >= 0.3 is 0 Å². The number of unbranched alkanes of at least 4 members (excludes halogenated alkanes) is 1. The third-order valence-corrected chi connectivity index (χ3v) is 4.04. The van der Waals surface area contributed by atoms with Gasteiger partial charge in [-0.3, -0.25) is 0 Å². The van der Waals surface area contributed by atoms with Crippen LogP contribution in [0, 0.1) is 11.8 Å². The van der Waals surface area contributed by atoms with Gasteiger partial charge in [0.1, 0.15) is 4.33 Å². The van der Waals surface area contributed by atoms with Crippen molar-refractivity contribution in [1.29, 1.82) is 0 Å². The molecule has 1 aliphatic rings. The molecule has 0 saturated carbocycles. The van der Waals surface area contributed by atoms with Crippen molar-refractivity contribution in [1.82, 2.24) is 0 Å². The summed E-state index contributed by atoms with van der Waals surface area (Å²) in [6.07, 6.45) is 14.3. The Bertz CT molecular complexity index is 253. The first-order chi connectivity index (χ1) is 7.61. The van der Waals surface area contributed by atoms with E-state index in [4.69, 9.17) is 23.2 Å². The van der Waals surface area contributed by atoms with E-state index >= 15 is 0 Å². The Morgan fingerprint density at radius 3 is 2.44 bits per heavy atom. The van der Waals surface area contributed by atoms with Crippen LogP contribution in [-0.2, 0) is 0 Å². The van der Waals surface area contributed by atoms with Gasteiger partial charge in [-0.2, -0.15) is 0 Å². The standard InChI is InChI=1S/C14H22Cl2/c1-3-5-9-12(8-4-2)13-10-6-7-11-14(13,15)16/h6-7,10-13H,3-5,8-9H2,1-2H3. The molecular formula is C14H22Cl2. The Morgan fingerprint density at radius 2 is 1.88 bits per heavy atom. The van der Waals surface area contributed by atoms with Gasteiger partial charge in [0.2, 0.25) is 0 Å². The lowest BCUT2D eigenvalue weighted by atomic mass is 9.80. The molecule has 2 unspecified atom stereocenters. The highest BCUT2D eigenvalue weighted by Gasteiger charge is 2.36. The molecule has 16 heavy (non-hydrogen) atoms. The van der Waals surface area contributed by atoms with Gasteiger partial charge in [-0.15, -0.1) is 0 Å². The van der Waals surface area contributed by atoms with E-state index in [-0.39, 0.29) is 5.92 Å². The number of allylic oxidation sites excluding steroid dienone is 4. The van der Waals surface area contributed by atoms with Gasteiger partial charge in [0.15, 0.2) is 0 Å². The second-order valence-corrected chi connectivity index (χ2v) is 6.08. The van der Waals surface area contributed by atoms with Crippen LogP contribution in [0.2, 0.25) is 0 Å². The van der Waals surface area contributed by atoms with Crippen molar-refractivity contribution in [3.05, 3.63) is 24.3 Å². The zero-order valence-electron chi connectivity index (χ0n) is 10.3. The predicted octanol–water partition coefficient (Wildman–Crippen LogP) is 5.51. The molecule has 1 aliphatic carbocycles. The number of hydrogen-bond donors (Lipinski definition) is 0. The van der Waals surface area contributed by atoms with Crippen LogP contribution in [0.1, 0.15) is 46.0 Å². The summed E-state index contributed by atoms with van der Waals surface area (Å²) in [5.41, 5.74) is 0. The predicted molar refractivity (Wildman–Crippen MR) is 74.1 cm³/mol. The van der Waals surface area contributed by atoms with Gasteiger partial charge in [0.05, 0.1) is 0 Å². The molecule has 0 amide bonds. The molecule has 0 N–H and O–H groups in total. The third kappa shape index (κ3) is 3.82. The fraction of sp³-hybridized carbons (Fsp3) is 0.714. The fourth-order valence-corrected chi connectivity index (χ4v) is 3.07. The molecule has 0 spiro atoms. The van der Waals surface area contributed by atoms with Crippen LogP contribution in [0.25, 0.3) is 0 Å². The van der Waals surface area contributed by atoms with Crippen molar-refractivity contribution in [2.75, 3.05) is 0 Å². The largest absolute Gasteiger partial charge is 0.143 e. The maximum absolute atomic E-state index is 6.37. The molecular weight excluding hydrogens is 239 g/mol. The molecule has 0 heterocycles. The van der Waals surface area contributed by atoms with E-state index in [1.54, 1.807) is 0 Å². The minimum Gasteiger partial charge on any atom is -0.0963 e. The zero-order valence-corrected chi connectivity index (χ0v) is 11.8. The summed E-state index contributed by atoms with van der Waals surface area (Å²) in [6, 6.07) is 0. The second kappa shape index (κ2) is 6.71. The normalized spacial score (nSPS) is 24.6. The highest BCUT2D eigenvalue weighted by molar-refractivity contribution is 6.50. The first-order valence-corrected chi connectivity index (χ1v) is 7.11. The van der Waals surface area contributed by atoms with Gasteiger partial charge < -0.3 is 0 Å². The summed E-state index contributed by atoms with van der Waals surface area (Å²) in [5, 5.41) is 0. The number of rotatable bonds is 6. The smallest absolute Gasteiger partial charge is 0.0963 e. The van der Waals surface area contributed by atoms with Crippen molar-refractivity contribution in [2.45, 2.75) is 50.3 Å². The summed E-state index contributed by atoms with van der Waals surface area (Å²) in [4.78, 5) is 0. The van der Waals surface area contributed by atoms with Crippen LogP contribution in [0.5, 0.6) is 0 Å². The minimum absolute atomic E-state index is 0.271. The Kier molecular flexibility index (Phi) is 5.92. The van der Waals surface area contributed by atoms with E-state index in [1.807, 2.05) is 12.2 Å². The number of hydrogen-bond acceptors (Lipinski definition) is 0. The average molecular weight is 261 g/mol. The molecule has 0 aliphatic heterocycles. The maximum atomic E-state index is 6.37. The Balaban J connectivity index is 2.68. The SMILES string of the molecule is CCCCC(CCC)C1C=CC=CC1(Cl)Cl. The van der Waals surface area contributed by atoms with Gasteiger partial charge in [-0.05, 0) is 18.4 Å². The van der Waals surface area contributed by atoms with Crippen LogP contribution in [-0.4, -0.2) is 4.33 Å². The lowest BCUT2D eigenvalue weighted by Gasteiger charge is -2.33. The topological polar surface area (TPSA) is 0 Å². The minimum atomic E-state index is -0.706. The molecule has 1 rings (SSSR count). The Hall–Kier alpha value is 0.0600. The molecule has 0 nitrogen and oxygen atoms in total. The molecule has 0 radical (unpaired) electrons. The first kappa shape index (κ1) is 14.1. The lowest BCUT2D eigenvalue weighted by Crippen LogP contribution is -2.30. The van der Waals surface area contributed by atoms with Crippen LogP contribution in [0.4, 0.5) is 0 Å². The first-order valence-electron chi connectivity index (χ1n) is 6.35. The summed E-state index contributed by atoms with van der Waals surface area (Å²) in [7, 11) is 0. The van der Waals surface area contributed by atoms with Crippen LogP contribution in [0.3, 0.4) is 0 Å². The van der Waals surface area contributed by atoms with Gasteiger partial charge in [-0.25, -0.2) is 0 Å². The summed E-state index contributed by atoms with van der Waals surface area (Å²) in [6.45, 7) is 4.46. The van der Waals surface area contributed by atoms with Gasteiger partial charge in [0, 0.05) is 5.92 Å². The molecule has 2 heteroatoms. The molecule has 0 bridgehead atoms. The lowest BCUT2D eigenvalue weighted by molar-refractivity contribution is 0.324. The highest BCUT2D eigenvalue weighted by atomic mass is 35.5. The zero-order chi connectivity index (χ0) is 12.0. The monoisotopic (exact) mass is 260 g/mol. The Labute approximate surface area is 110 Å². The van der Waals surface area contributed by atoms with E-state index in [1.165, 1.54) is 32.1 Å². The Morgan fingerprint density at radius 1 is 1.12 bits per heavy atom. The molecule has 0 aromatic carbocycles. The molecule has 2 atom stereocenters. The quantitative estimate of drug-likeness (QED) is 0.553. The number of halogens is 2. The van der Waals surface area contributed by atoms with Crippen molar-refractivity contribution >= 4 is 23.2 Å². The van der Waals surface area contributed by atoms with Crippen molar-refractivity contribution in [2.24, 2.45) is 11.8 Å². The second-order valence-electron chi connectivity index (χ2n) is 4.64. The van der Waals surface area contributed by atoms with Crippen molar-refractivity contribution < 1.29 is 0 Å². The molecule has 0 saturated heterocycles. The number of alkyl halides is 2. The van der Waals surface area contributed by atoms with Crippen LogP contribution in [0.15, 0.2) is 24.3 Å². The summed E-state index contributed by atoms with van der Waals surface area (Å²) < 4.78 is -0.706. The van der Waals surface area contributed by atoms with E-state index in [9.17, 15) is 0 Å². The van der Waals surface area contributed by atoms with Crippen LogP contribution < -0.4 is 0 Å². The molecule has 92 valence electrons. The molecule has 0 aromatic heterocycles.